The third-order valence-corrected chi connectivity index (χ3v) is 10.4. The number of carbonyl (C=O) groups is 3. The van der Waals surface area contributed by atoms with E-state index in [-0.39, 0.29) is 23.8 Å². The molecule has 2 N–H and O–H groups in total. The van der Waals surface area contributed by atoms with Crippen molar-refractivity contribution in [3.05, 3.63) is 40.4 Å². The van der Waals surface area contributed by atoms with Gasteiger partial charge >= 0.3 is 0 Å². The van der Waals surface area contributed by atoms with Gasteiger partial charge in [-0.25, -0.2) is 0 Å². The second-order valence-corrected chi connectivity index (χ2v) is 12.9. The zero-order valence-electron chi connectivity index (χ0n) is 22.9. The number of piperidine rings is 1. The second kappa shape index (κ2) is 11.3. The molecule has 0 unspecified atom stereocenters. The first kappa shape index (κ1) is 28.0. The summed E-state index contributed by atoms with van der Waals surface area (Å²) >= 11 is 12.2. The van der Waals surface area contributed by atoms with Crippen LogP contribution in [0.1, 0.15) is 58.3 Å². The SMILES string of the molecule is C[C@@H]1CCCCN1CCN1C(=O)[C@@H]2[C@@H](C(=O)Nc3ccc(Cl)c(Cl)c3)[C@@H]3C=C[C@@]2(O3)[C@H]1C(=O)NC1CCCCC1. The normalized spacial score (nSPS) is 33.8. The van der Waals surface area contributed by atoms with Crippen LogP contribution in [0.2, 0.25) is 10.0 Å². The summed E-state index contributed by atoms with van der Waals surface area (Å²) < 4.78 is 6.48. The Kier molecular flexibility index (Phi) is 7.89. The molecule has 5 aliphatic rings. The number of carbonyl (C=O) groups excluding carboxylic acids is 3. The number of anilines is 1. The molecule has 216 valence electrons. The Morgan fingerprint density at radius 3 is 2.55 bits per heavy atom. The van der Waals surface area contributed by atoms with Gasteiger partial charge in [-0.1, -0.05) is 61.0 Å². The fourth-order valence-electron chi connectivity index (χ4n) is 7.56. The minimum Gasteiger partial charge on any atom is -0.359 e. The Labute approximate surface area is 245 Å². The summed E-state index contributed by atoms with van der Waals surface area (Å²) in [6.45, 7) is 4.33. The quantitative estimate of drug-likeness (QED) is 0.460. The number of likely N-dealkylation sites (tertiary alicyclic amines) is 2. The first-order chi connectivity index (χ1) is 19.3. The van der Waals surface area contributed by atoms with Crippen molar-refractivity contribution in [1.29, 1.82) is 0 Å². The summed E-state index contributed by atoms with van der Waals surface area (Å²) in [5.74, 6) is -2.22. The highest BCUT2D eigenvalue weighted by Gasteiger charge is 2.72. The highest BCUT2D eigenvalue weighted by atomic mass is 35.5. The van der Waals surface area contributed by atoms with Gasteiger partial charge in [0.2, 0.25) is 17.7 Å². The van der Waals surface area contributed by atoms with Gasteiger partial charge < -0.3 is 20.3 Å². The molecule has 2 bridgehead atoms. The summed E-state index contributed by atoms with van der Waals surface area (Å²) in [6, 6.07) is 4.62. The molecule has 1 saturated carbocycles. The lowest BCUT2D eigenvalue weighted by Gasteiger charge is -2.37. The number of halogens is 2. The average molecular weight is 590 g/mol. The van der Waals surface area contributed by atoms with Crippen LogP contribution in [0.25, 0.3) is 0 Å². The molecule has 8 nitrogen and oxygen atoms in total. The Bertz CT molecular complexity index is 1200. The van der Waals surface area contributed by atoms with E-state index in [9.17, 15) is 14.4 Å². The van der Waals surface area contributed by atoms with Gasteiger partial charge in [-0.2, -0.15) is 0 Å². The van der Waals surface area contributed by atoms with Crippen molar-refractivity contribution in [3.8, 4) is 0 Å². The van der Waals surface area contributed by atoms with E-state index in [1.165, 1.54) is 12.8 Å². The first-order valence-corrected chi connectivity index (χ1v) is 15.5. The van der Waals surface area contributed by atoms with Crippen LogP contribution in [-0.4, -0.2) is 77.0 Å². The van der Waals surface area contributed by atoms with Crippen LogP contribution >= 0.6 is 23.2 Å². The minimum absolute atomic E-state index is 0.104. The number of amides is 3. The van der Waals surface area contributed by atoms with E-state index in [0.29, 0.717) is 34.9 Å². The van der Waals surface area contributed by atoms with E-state index < -0.39 is 29.6 Å². The fourth-order valence-corrected chi connectivity index (χ4v) is 7.86. The Morgan fingerprint density at radius 1 is 1.02 bits per heavy atom. The van der Waals surface area contributed by atoms with Crippen LogP contribution in [0, 0.1) is 11.8 Å². The maximum atomic E-state index is 14.2. The number of ether oxygens (including phenoxy) is 1. The summed E-state index contributed by atoms with van der Waals surface area (Å²) in [5, 5.41) is 6.88. The molecule has 1 aliphatic carbocycles. The topological polar surface area (TPSA) is 91.0 Å². The predicted molar refractivity (Wildman–Crippen MR) is 154 cm³/mol. The van der Waals surface area contributed by atoms with E-state index in [4.69, 9.17) is 27.9 Å². The molecule has 4 fully saturated rings. The molecule has 4 heterocycles. The van der Waals surface area contributed by atoms with Gasteiger partial charge in [-0.3, -0.25) is 19.3 Å². The molecule has 3 amide bonds. The third-order valence-electron chi connectivity index (χ3n) is 9.63. The number of hydrogen-bond acceptors (Lipinski definition) is 5. The van der Waals surface area contributed by atoms with Crippen molar-refractivity contribution in [2.45, 2.75) is 88.1 Å². The molecule has 4 aliphatic heterocycles. The number of rotatable bonds is 7. The van der Waals surface area contributed by atoms with Crippen LogP contribution in [-0.2, 0) is 19.1 Å². The van der Waals surface area contributed by atoms with Gasteiger partial charge in [0, 0.05) is 30.9 Å². The molecule has 6 atom stereocenters. The molecular formula is C30H38Cl2N4O4. The largest absolute Gasteiger partial charge is 0.359 e. The molecule has 1 spiro atoms. The van der Waals surface area contributed by atoms with Crippen molar-refractivity contribution in [3.63, 3.8) is 0 Å². The monoisotopic (exact) mass is 588 g/mol. The van der Waals surface area contributed by atoms with Crippen LogP contribution in [0.5, 0.6) is 0 Å². The van der Waals surface area contributed by atoms with E-state index in [0.717, 1.165) is 45.1 Å². The Hall–Kier alpha value is -2.13. The number of fused-ring (bicyclic) bond motifs is 1. The lowest BCUT2D eigenvalue weighted by atomic mass is 9.74. The lowest BCUT2D eigenvalue weighted by molar-refractivity contribution is -0.141. The van der Waals surface area contributed by atoms with Gasteiger partial charge in [-0.05, 0) is 57.4 Å². The highest BCUT2D eigenvalue weighted by Crippen LogP contribution is 2.55. The maximum absolute atomic E-state index is 14.2. The smallest absolute Gasteiger partial charge is 0.246 e. The molecule has 1 aromatic carbocycles. The Morgan fingerprint density at radius 2 is 1.80 bits per heavy atom. The van der Waals surface area contributed by atoms with Gasteiger partial charge in [0.1, 0.15) is 11.6 Å². The zero-order valence-corrected chi connectivity index (χ0v) is 24.4. The average Bonchev–Trinajstić information content (AvgIpc) is 3.58. The highest BCUT2D eigenvalue weighted by molar-refractivity contribution is 6.42. The van der Waals surface area contributed by atoms with E-state index in [1.807, 2.05) is 12.2 Å². The van der Waals surface area contributed by atoms with Crippen molar-refractivity contribution < 1.29 is 19.1 Å². The molecule has 6 rings (SSSR count). The van der Waals surface area contributed by atoms with Crippen LogP contribution in [0.4, 0.5) is 5.69 Å². The molecule has 40 heavy (non-hydrogen) atoms. The van der Waals surface area contributed by atoms with E-state index >= 15 is 0 Å². The standard InChI is InChI=1S/C30H38Cl2N4O4/c1-18-7-5-6-14-35(18)15-16-36-26(28(38)33-19-8-3-2-4-9-19)30-13-12-23(40-30)24(25(30)29(36)39)27(37)34-20-10-11-21(31)22(32)17-20/h10-13,17-19,23-26H,2-9,14-16H2,1H3,(H,33,38)(H,34,37)/t18-,23+,24+,25+,26-,30+/m1/s1. The van der Waals surface area contributed by atoms with Gasteiger partial charge in [0.25, 0.3) is 0 Å². The van der Waals surface area contributed by atoms with Crippen molar-refractivity contribution in [2.24, 2.45) is 11.8 Å². The summed E-state index contributed by atoms with van der Waals surface area (Å²) in [7, 11) is 0. The molecular weight excluding hydrogens is 551 g/mol. The van der Waals surface area contributed by atoms with Gasteiger partial charge in [-0.15, -0.1) is 0 Å². The number of nitrogens with zero attached hydrogens (tertiary/aromatic N) is 2. The molecule has 3 saturated heterocycles. The van der Waals surface area contributed by atoms with Crippen LogP contribution in [0.3, 0.4) is 0 Å². The first-order valence-electron chi connectivity index (χ1n) is 14.8. The van der Waals surface area contributed by atoms with Gasteiger partial charge in [0.05, 0.1) is 28.0 Å². The minimum atomic E-state index is -1.16. The van der Waals surface area contributed by atoms with Crippen molar-refractivity contribution in [1.82, 2.24) is 15.1 Å². The number of nitrogens with one attached hydrogen (secondary N) is 2. The zero-order chi connectivity index (χ0) is 28.0. The summed E-state index contributed by atoms with van der Waals surface area (Å²) in [4.78, 5) is 45.9. The summed E-state index contributed by atoms with van der Waals surface area (Å²) in [5.41, 5.74) is -0.665. The molecule has 0 aromatic heterocycles. The molecule has 1 aromatic rings. The maximum Gasteiger partial charge on any atom is 0.246 e. The third kappa shape index (κ3) is 4.95. The van der Waals surface area contributed by atoms with E-state index in [1.54, 1.807) is 23.1 Å². The van der Waals surface area contributed by atoms with Crippen LogP contribution in [0.15, 0.2) is 30.4 Å². The second-order valence-electron chi connectivity index (χ2n) is 12.1. The molecule has 0 radical (unpaired) electrons. The summed E-state index contributed by atoms with van der Waals surface area (Å²) in [6.07, 6.45) is 11.9. The van der Waals surface area contributed by atoms with Crippen LogP contribution < -0.4 is 10.6 Å². The Balaban J connectivity index is 1.27. The number of hydrogen-bond donors (Lipinski definition) is 2. The van der Waals surface area contributed by atoms with Crippen molar-refractivity contribution in [2.75, 3.05) is 25.0 Å². The fraction of sp³-hybridized carbons (Fsp3) is 0.633. The lowest BCUT2D eigenvalue weighted by Crippen LogP contribution is -2.57. The van der Waals surface area contributed by atoms with E-state index in [2.05, 4.69) is 22.5 Å². The molecule has 10 heteroatoms. The van der Waals surface area contributed by atoms with Gasteiger partial charge in [0.15, 0.2) is 0 Å². The number of benzene rings is 1. The van der Waals surface area contributed by atoms with Crippen molar-refractivity contribution >= 4 is 46.6 Å². The predicted octanol–water partition coefficient (Wildman–Crippen LogP) is 4.41.